The monoisotopic (exact) mass is 325 g/mol. The van der Waals surface area contributed by atoms with E-state index in [0.717, 1.165) is 17.7 Å². The maximum Gasteiger partial charge on any atom is 0.249 e. The molecule has 122 valence electrons. The second-order valence-electron chi connectivity index (χ2n) is 5.48. The summed E-state index contributed by atoms with van der Waals surface area (Å²) in [5, 5.41) is 2.83. The number of anilines is 1. The number of benzene rings is 1. The van der Waals surface area contributed by atoms with Gasteiger partial charge in [-0.25, -0.2) is 0 Å². The number of carbonyl (C=O) groups is 2. The van der Waals surface area contributed by atoms with Gasteiger partial charge in [0.1, 0.15) is 6.04 Å². The molecule has 0 spiro atoms. The van der Waals surface area contributed by atoms with E-state index in [-0.39, 0.29) is 24.2 Å². The van der Waals surface area contributed by atoms with E-state index in [0.29, 0.717) is 32.4 Å². The van der Waals surface area contributed by atoms with Crippen LogP contribution in [0.25, 0.3) is 0 Å². The van der Waals surface area contributed by atoms with Gasteiger partial charge in [-0.15, -0.1) is 12.4 Å². The van der Waals surface area contributed by atoms with Gasteiger partial charge in [0.2, 0.25) is 11.8 Å². The van der Waals surface area contributed by atoms with Crippen molar-refractivity contribution >= 4 is 29.9 Å². The molecule has 0 bridgehead atoms. The van der Waals surface area contributed by atoms with Crippen molar-refractivity contribution in [2.75, 3.05) is 18.0 Å². The molecule has 1 unspecified atom stereocenters. The van der Waals surface area contributed by atoms with Crippen LogP contribution in [0, 0.1) is 6.92 Å². The third-order valence-corrected chi connectivity index (χ3v) is 3.73. The second-order valence-corrected chi connectivity index (χ2v) is 5.48. The number of carbonyl (C=O) groups excluding carboxylic acids is 2. The van der Waals surface area contributed by atoms with Gasteiger partial charge in [0.15, 0.2) is 0 Å². The molecule has 1 aromatic rings. The van der Waals surface area contributed by atoms with Crippen LogP contribution >= 0.6 is 12.4 Å². The van der Waals surface area contributed by atoms with Crippen LogP contribution in [0.1, 0.15) is 31.2 Å². The highest BCUT2D eigenvalue weighted by molar-refractivity contribution is 5.99. The van der Waals surface area contributed by atoms with Crippen LogP contribution < -0.4 is 16.0 Å². The first-order chi connectivity index (χ1) is 10.1. The molecular formula is C16H24ClN3O2. The molecule has 1 fully saturated rings. The van der Waals surface area contributed by atoms with Crippen LogP contribution in [0.5, 0.6) is 0 Å². The largest absolute Gasteiger partial charge is 0.344 e. The van der Waals surface area contributed by atoms with Crippen LogP contribution in [0.3, 0.4) is 0 Å². The fourth-order valence-corrected chi connectivity index (χ4v) is 2.52. The Morgan fingerprint density at radius 3 is 2.68 bits per heavy atom. The van der Waals surface area contributed by atoms with Gasteiger partial charge in [0.05, 0.1) is 0 Å². The van der Waals surface area contributed by atoms with E-state index >= 15 is 0 Å². The summed E-state index contributed by atoms with van der Waals surface area (Å²) in [5.41, 5.74) is 7.45. The zero-order valence-corrected chi connectivity index (χ0v) is 13.7. The number of piperidine rings is 1. The van der Waals surface area contributed by atoms with E-state index in [1.54, 1.807) is 4.90 Å². The van der Waals surface area contributed by atoms with Crippen molar-refractivity contribution in [2.45, 2.75) is 38.6 Å². The highest BCUT2D eigenvalue weighted by atomic mass is 35.5. The molecule has 0 aliphatic carbocycles. The number of nitrogens with zero attached hydrogens (tertiary/aromatic N) is 1. The second kappa shape index (κ2) is 8.76. The van der Waals surface area contributed by atoms with Crippen LogP contribution in [0.15, 0.2) is 24.3 Å². The molecule has 2 rings (SSSR count). The zero-order chi connectivity index (χ0) is 15.2. The quantitative estimate of drug-likeness (QED) is 0.866. The van der Waals surface area contributed by atoms with E-state index < -0.39 is 6.04 Å². The molecule has 1 aliphatic rings. The zero-order valence-electron chi connectivity index (χ0n) is 12.9. The van der Waals surface area contributed by atoms with Gasteiger partial charge in [-0.3, -0.25) is 9.59 Å². The van der Waals surface area contributed by atoms with E-state index in [2.05, 4.69) is 5.32 Å². The summed E-state index contributed by atoms with van der Waals surface area (Å²) >= 11 is 0. The average molecular weight is 326 g/mol. The van der Waals surface area contributed by atoms with Crippen molar-refractivity contribution in [3.8, 4) is 0 Å². The van der Waals surface area contributed by atoms with Crippen LogP contribution in [0.4, 0.5) is 5.69 Å². The van der Waals surface area contributed by atoms with E-state index in [9.17, 15) is 9.59 Å². The summed E-state index contributed by atoms with van der Waals surface area (Å²) in [6.45, 7) is 3.21. The van der Waals surface area contributed by atoms with Crippen molar-refractivity contribution in [2.24, 2.45) is 5.73 Å². The first-order valence-corrected chi connectivity index (χ1v) is 7.49. The number of nitrogens with two attached hydrogens (primary N) is 1. The summed E-state index contributed by atoms with van der Waals surface area (Å²) in [7, 11) is 0. The minimum Gasteiger partial charge on any atom is -0.344 e. The van der Waals surface area contributed by atoms with Crippen molar-refractivity contribution in [1.82, 2.24) is 5.32 Å². The van der Waals surface area contributed by atoms with Gasteiger partial charge in [-0.1, -0.05) is 17.7 Å². The van der Waals surface area contributed by atoms with Gasteiger partial charge in [-0.05, 0) is 44.9 Å². The minimum absolute atomic E-state index is 0. The lowest BCUT2D eigenvalue weighted by molar-refractivity contribution is -0.128. The summed E-state index contributed by atoms with van der Waals surface area (Å²) in [5.74, 6) is -0.115. The topological polar surface area (TPSA) is 75.4 Å². The Hall–Kier alpha value is -1.59. The lowest BCUT2D eigenvalue weighted by atomic mass is 10.0. The van der Waals surface area contributed by atoms with Crippen molar-refractivity contribution in [1.29, 1.82) is 0 Å². The highest BCUT2D eigenvalue weighted by Crippen LogP contribution is 2.21. The van der Waals surface area contributed by atoms with E-state index in [1.807, 2.05) is 31.2 Å². The Labute approximate surface area is 137 Å². The molecule has 1 aromatic carbocycles. The van der Waals surface area contributed by atoms with Crippen LogP contribution in [0.2, 0.25) is 0 Å². The number of hydrogen-bond donors (Lipinski definition) is 2. The molecule has 0 saturated carbocycles. The number of amides is 2. The molecule has 1 aliphatic heterocycles. The number of halogens is 1. The average Bonchev–Trinajstić information content (AvgIpc) is 2.48. The number of nitrogens with one attached hydrogen (secondary N) is 1. The van der Waals surface area contributed by atoms with Crippen molar-refractivity contribution in [3.63, 3.8) is 0 Å². The Morgan fingerprint density at radius 1 is 1.36 bits per heavy atom. The Morgan fingerprint density at radius 2 is 2.05 bits per heavy atom. The highest BCUT2D eigenvalue weighted by Gasteiger charge is 2.30. The standard InChI is InChI=1S/C16H23N3O2.ClH/c1-12-6-8-13(9-7-12)19-11-3-4-14(16(19)21)18-15(20)5-2-10-17;/h6-9,14H,2-5,10-11,17H2,1H3,(H,18,20);1H. The third-order valence-electron chi connectivity index (χ3n) is 3.73. The molecule has 6 heteroatoms. The fraction of sp³-hybridized carbons (Fsp3) is 0.500. The number of rotatable bonds is 5. The first kappa shape index (κ1) is 18.5. The smallest absolute Gasteiger partial charge is 0.249 e. The van der Waals surface area contributed by atoms with E-state index in [1.165, 1.54) is 0 Å². The van der Waals surface area contributed by atoms with Gasteiger partial charge in [-0.2, -0.15) is 0 Å². The molecule has 5 nitrogen and oxygen atoms in total. The fourth-order valence-electron chi connectivity index (χ4n) is 2.52. The molecule has 2 amide bonds. The number of aryl methyl sites for hydroxylation is 1. The number of hydrogen-bond acceptors (Lipinski definition) is 3. The van der Waals surface area contributed by atoms with Gasteiger partial charge in [0, 0.05) is 18.7 Å². The molecule has 22 heavy (non-hydrogen) atoms. The molecule has 1 atom stereocenters. The minimum atomic E-state index is -0.412. The molecule has 0 aromatic heterocycles. The summed E-state index contributed by atoms with van der Waals surface area (Å²) in [6, 6.07) is 7.47. The Kier molecular flexibility index (Phi) is 7.35. The lowest BCUT2D eigenvalue weighted by Gasteiger charge is -2.32. The maximum atomic E-state index is 12.5. The molecule has 1 saturated heterocycles. The maximum absolute atomic E-state index is 12.5. The SMILES string of the molecule is Cc1ccc(N2CCCC(NC(=O)CCCN)C2=O)cc1.Cl. The molecule has 1 heterocycles. The Bertz CT molecular complexity index is 505. The van der Waals surface area contributed by atoms with Crippen LogP contribution in [-0.2, 0) is 9.59 Å². The van der Waals surface area contributed by atoms with Gasteiger partial charge >= 0.3 is 0 Å². The Balaban J connectivity index is 0.00000242. The third kappa shape index (κ3) is 4.71. The van der Waals surface area contributed by atoms with Crippen molar-refractivity contribution in [3.05, 3.63) is 29.8 Å². The lowest BCUT2D eigenvalue weighted by Crippen LogP contribution is -2.52. The molecular weight excluding hydrogens is 302 g/mol. The molecule has 3 N–H and O–H groups in total. The van der Waals surface area contributed by atoms with Gasteiger partial charge < -0.3 is 16.0 Å². The van der Waals surface area contributed by atoms with Crippen molar-refractivity contribution < 1.29 is 9.59 Å². The van der Waals surface area contributed by atoms with E-state index in [4.69, 9.17) is 5.73 Å². The summed E-state index contributed by atoms with van der Waals surface area (Å²) in [4.78, 5) is 26.0. The summed E-state index contributed by atoms with van der Waals surface area (Å²) < 4.78 is 0. The van der Waals surface area contributed by atoms with Crippen LogP contribution in [-0.4, -0.2) is 30.9 Å². The predicted octanol–water partition coefficient (Wildman–Crippen LogP) is 1.77. The first-order valence-electron chi connectivity index (χ1n) is 7.49. The van der Waals surface area contributed by atoms with Gasteiger partial charge in [0.25, 0.3) is 0 Å². The predicted molar refractivity (Wildman–Crippen MR) is 90.2 cm³/mol. The molecule has 0 radical (unpaired) electrons. The normalized spacial score (nSPS) is 17.8. The summed E-state index contributed by atoms with van der Waals surface area (Å²) in [6.07, 6.45) is 2.62.